The topological polar surface area (TPSA) is 39.3 Å². The summed E-state index contributed by atoms with van der Waals surface area (Å²) in [7, 11) is 0. The number of H-pyrrole nitrogens is 1. The van der Waals surface area contributed by atoms with Gasteiger partial charge in [0, 0.05) is 38.4 Å². The first-order chi connectivity index (χ1) is 13.2. The van der Waals surface area contributed by atoms with Gasteiger partial charge in [-0.05, 0) is 61.1 Å². The fourth-order valence-electron chi connectivity index (χ4n) is 5.28. The van der Waals surface area contributed by atoms with E-state index in [9.17, 15) is 4.79 Å². The fourth-order valence-corrected chi connectivity index (χ4v) is 5.28. The number of piperidine rings is 2. The summed E-state index contributed by atoms with van der Waals surface area (Å²) in [5.41, 5.74) is 2.58. The van der Waals surface area contributed by atoms with E-state index in [1.807, 2.05) is 23.2 Å². The number of likely N-dealkylation sites (tertiary alicyclic amines) is 2. The first-order valence-corrected chi connectivity index (χ1v) is 10.4. The maximum Gasteiger partial charge on any atom is 0.270 e. The predicted octanol–water partition coefficient (Wildman–Crippen LogP) is 3.89. The second-order valence-electron chi connectivity index (χ2n) is 8.85. The molecule has 0 bridgehead atoms. The van der Waals surface area contributed by atoms with Gasteiger partial charge in [-0.2, -0.15) is 0 Å². The molecule has 1 amide bonds. The summed E-state index contributed by atoms with van der Waals surface area (Å²) in [6, 6.07) is 15.7. The lowest BCUT2D eigenvalue weighted by atomic mass is 9.68. The molecule has 2 aliphatic heterocycles. The van der Waals surface area contributed by atoms with Crippen molar-refractivity contribution >= 4 is 5.91 Å². The van der Waals surface area contributed by atoms with Crippen LogP contribution in [0.5, 0.6) is 0 Å². The summed E-state index contributed by atoms with van der Waals surface area (Å²) < 4.78 is 0. The summed E-state index contributed by atoms with van der Waals surface area (Å²) >= 11 is 0. The molecule has 142 valence electrons. The van der Waals surface area contributed by atoms with Crippen molar-refractivity contribution in [1.82, 2.24) is 14.8 Å². The molecule has 1 aromatic carbocycles. The van der Waals surface area contributed by atoms with Gasteiger partial charge < -0.3 is 9.88 Å². The summed E-state index contributed by atoms with van der Waals surface area (Å²) in [6.07, 6.45) is 8.10. The van der Waals surface area contributed by atoms with E-state index in [1.165, 1.54) is 37.9 Å². The molecule has 0 radical (unpaired) electrons. The van der Waals surface area contributed by atoms with Gasteiger partial charge in [-0.25, -0.2) is 0 Å². The van der Waals surface area contributed by atoms with Crippen molar-refractivity contribution in [2.75, 3.05) is 26.2 Å². The molecule has 4 nitrogen and oxygen atoms in total. The Morgan fingerprint density at radius 3 is 2.48 bits per heavy atom. The molecule has 0 unspecified atom stereocenters. The monoisotopic (exact) mass is 363 g/mol. The van der Waals surface area contributed by atoms with Gasteiger partial charge in [0.1, 0.15) is 5.69 Å². The molecule has 3 fully saturated rings. The molecule has 5 rings (SSSR count). The highest BCUT2D eigenvalue weighted by Gasteiger charge is 2.46. The Morgan fingerprint density at radius 2 is 1.81 bits per heavy atom. The Kier molecular flexibility index (Phi) is 4.31. The number of aromatic nitrogens is 1. The Balaban J connectivity index is 1.32. The summed E-state index contributed by atoms with van der Waals surface area (Å²) in [5.74, 6) is 0.788. The second-order valence-corrected chi connectivity index (χ2v) is 8.85. The molecule has 2 aromatic rings. The molecule has 1 aromatic heterocycles. The number of carbonyl (C=O) groups excluding carboxylic acids is 1. The Morgan fingerprint density at radius 1 is 1.04 bits per heavy atom. The third-order valence-electron chi connectivity index (χ3n) is 6.95. The van der Waals surface area contributed by atoms with E-state index in [4.69, 9.17) is 0 Å². The van der Waals surface area contributed by atoms with Crippen LogP contribution in [0.25, 0.3) is 0 Å². The van der Waals surface area contributed by atoms with Crippen molar-refractivity contribution in [2.45, 2.75) is 44.1 Å². The van der Waals surface area contributed by atoms with Gasteiger partial charge in [0.15, 0.2) is 0 Å². The van der Waals surface area contributed by atoms with Gasteiger partial charge in [0.2, 0.25) is 0 Å². The van der Waals surface area contributed by atoms with Crippen LogP contribution < -0.4 is 0 Å². The van der Waals surface area contributed by atoms with Crippen LogP contribution in [0.15, 0.2) is 48.7 Å². The molecule has 3 aliphatic rings. The fraction of sp³-hybridized carbons (Fsp3) is 0.522. The first-order valence-electron chi connectivity index (χ1n) is 10.4. The number of rotatable bonds is 3. The van der Waals surface area contributed by atoms with E-state index in [0.717, 1.165) is 37.7 Å². The van der Waals surface area contributed by atoms with E-state index in [0.29, 0.717) is 11.3 Å². The predicted molar refractivity (Wildman–Crippen MR) is 107 cm³/mol. The number of amides is 1. The van der Waals surface area contributed by atoms with Gasteiger partial charge >= 0.3 is 0 Å². The van der Waals surface area contributed by atoms with Crippen molar-refractivity contribution < 1.29 is 4.79 Å². The SMILES string of the molecule is O=C(c1ccc[nH]1)N1CCC2(CC1)C[C@H](c1ccccc1)CN(C1CC1)C2. The lowest BCUT2D eigenvalue weighted by Gasteiger charge is -2.50. The average Bonchev–Trinajstić information content (AvgIpc) is 3.43. The van der Waals surface area contributed by atoms with E-state index in [1.54, 1.807) is 0 Å². The zero-order valence-corrected chi connectivity index (χ0v) is 15.9. The van der Waals surface area contributed by atoms with Crippen LogP contribution >= 0.6 is 0 Å². The van der Waals surface area contributed by atoms with Crippen LogP contribution in [0.1, 0.15) is 54.1 Å². The van der Waals surface area contributed by atoms with Gasteiger partial charge in [-0.15, -0.1) is 0 Å². The van der Waals surface area contributed by atoms with Crippen molar-refractivity contribution in [3.8, 4) is 0 Å². The number of aromatic amines is 1. The number of carbonyl (C=O) groups is 1. The van der Waals surface area contributed by atoms with E-state index in [-0.39, 0.29) is 5.91 Å². The van der Waals surface area contributed by atoms with Crippen molar-refractivity contribution in [1.29, 1.82) is 0 Å². The van der Waals surface area contributed by atoms with Crippen LogP contribution in [0, 0.1) is 5.41 Å². The van der Waals surface area contributed by atoms with Gasteiger partial charge in [-0.3, -0.25) is 9.69 Å². The number of hydrogen-bond donors (Lipinski definition) is 1. The third kappa shape index (κ3) is 3.43. The molecule has 3 heterocycles. The molecule has 2 saturated heterocycles. The highest BCUT2D eigenvalue weighted by molar-refractivity contribution is 5.92. The van der Waals surface area contributed by atoms with Crippen LogP contribution in [0.4, 0.5) is 0 Å². The van der Waals surface area contributed by atoms with Gasteiger partial charge in [-0.1, -0.05) is 30.3 Å². The second kappa shape index (κ2) is 6.83. The van der Waals surface area contributed by atoms with Crippen LogP contribution in [-0.2, 0) is 0 Å². The number of hydrogen-bond acceptors (Lipinski definition) is 2. The smallest absolute Gasteiger partial charge is 0.270 e. The van der Waals surface area contributed by atoms with Gasteiger partial charge in [0.25, 0.3) is 5.91 Å². The Bertz CT molecular complexity index is 773. The van der Waals surface area contributed by atoms with Crippen LogP contribution in [0.3, 0.4) is 0 Å². The van der Waals surface area contributed by atoms with E-state index >= 15 is 0 Å². The summed E-state index contributed by atoms with van der Waals surface area (Å²) in [6.45, 7) is 4.21. The number of nitrogens with zero attached hydrogens (tertiary/aromatic N) is 2. The molecule has 1 saturated carbocycles. The quantitative estimate of drug-likeness (QED) is 0.899. The Labute approximate surface area is 161 Å². The zero-order valence-electron chi connectivity index (χ0n) is 15.9. The molecule has 1 aliphatic carbocycles. The molecular weight excluding hydrogens is 334 g/mol. The molecule has 27 heavy (non-hydrogen) atoms. The minimum Gasteiger partial charge on any atom is -0.357 e. The lowest BCUT2D eigenvalue weighted by molar-refractivity contribution is 0.0109. The number of benzene rings is 1. The average molecular weight is 364 g/mol. The van der Waals surface area contributed by atoms with Gasteiger partial charge in [0.05, 0.1) is 0 Å². The lowest BCUT2D eigenvalue weighted by Crippen LogP contribution is -2.53. The Hall–Kier alpha value is -2.07. The maximum absolute atomic E-state index is 12.7. The minimum absolute atomic E-state index is 0.157. The summed E-state index contributed by atoms with van der Waals surface area (Å²) in [5, 5.41) is 0. The van der Waals surface area contributed by atoms with Crippen LogP contribution in [0.2, 0.25) is 0 Å². The van der Waals surface area contributed by atoms with Crippen LogP contribution in [-0.4, -0.2) is 52.9 Å². The highest BCUT2D eigenvalue weighted by atomic mass is 16.2. The standard InChI is InChI=1S/C23H29N3O/c27-22(21-7-4-12-24-21)25-13-10-23(11-14-25)15-19(18-5-2-1-3-6-18)16-26(17-23)20-8-9-20/h1-7,12,19-20,24H,8-11,13-17H2/t19-/m0/s1. The molecular formula is C23H29N3O. The maximum atomic E-state index is 12.7. The third-order valence-corrected chi connectivity index (χ3v) is 6.95. The van der Waals surface area contributed by atoms with E-state index in [2.05, 4.69) is 40.2 Å². The summed E-state index contributed by atoms with van der Waals surface area (Å²) in [4.78, 5) is 20.6. The minimum atomic E-state index is 0.157. The molecule has 4 heteroatoms. The van der Waals surface area contributed by atoms with Crippen molar-refractivity contribution in [2.24, 2.45) is 5.41 Å². The zero-order chi connectivity index (χ0) is 18.3. The highest BCUT2D eigenvalue weighted by Crippen LogP contribution is 2.47. The van der Waals surface area contributed by atoms with E-state index < -0.39 is 0 Å². The molecule has 1 atom stereocenters. The normalized spacial score (nSPS) is 25.6. The molecule has 1 N–H and O–H groups in total. The first kappa shape index (κ1) is 17.1. The molecule has 1 spiro atoms. The number of nitrogens with one attached hydrogen (secondary N) is 1. The van der Waals surface area contributed by atoms with Crippen molar-refractivity contribution in [3.05, 3.63) is 59.9 Å². The largest absolute Gasteiger partial charge is 0.357 e. The van der Waals surface area contributed by atoms with Crippen molar-refractivity contribution in [3.63, 3.8) is 0 Å².